The van der Waals surface area contributed by atoms with Crippen LogP contribution in [0.5, 0.6) is 0 Å². The van der Waals surface area contributed by atoms with Gasteiger partial charge in [0, 0.05) is 37.9 Å². The van der Waals surface area contributed by atoms with Gasteiger partial charge < -0.3 is 15.4 Å². The van der Waals surface area contributed by atoms with Gasteiger partial charge in [-0.05, 0) is 39.0 Å². The molecule has 1 heterocycles. The predicted octanol–water partition coefficient (Wildman–Crippen LogP) is 4.14. The summed E-state index contributed by atoms with van der Waals surface area (Å²) in [5.74, 6) is 0.392. The Morgan fingerprint density at radius 1 is 1.34 bits per heavy atom. The fourth-order valence-corrected chi connectivity index (χ4v) is 3.66. The van der Waals surface area contributed by atoms with Gasteiger partial charge in [0.15, 0.2) is 11.7 Å². The summed E-state index contributed by atoms with van der Waals surface area (Å²) in [4.78, 5) is 19.8. The Labute approximate surface area is 190 Å². The van der Waals surface area contributed by atoms with Crippen molar-refractivity contribution in [2.24, 2.45) is 4.99 Å². The molecule has 0 radical (unpaired) electrons. The van der Waals surface area contributed by atoms with Crippen LogP contribution in [0.1, 0.15) is 56.2 Å². The van der Waals surface area contributed by atoms with Crippen molar-refractivity contribution in [2.45, 2.75) is 64.1 Å². The molecule has 1 aromatic rings. The first-order valence-corrected chi connectivity index (χ1v) is 10.5. The van der Waals surface area contributed by atoms with Crippen LogP contribution >= 0.6 is 35.3 Å². The number of aliphatic imine (C=N–C) groups is 1. The molecule has 0 unspecified atom stereocenters. The van der Waals surface area contributed by atoms with Gasteiger partial charge in [0.1, 0.15) is 6.10 Å². The number of nitrogens with one attached hydrogen (secondary N) is 2. The second-order valence-electron chi connectivity index (χ2n) is 6.56. The van der Waals surface area contributed by atoms with Crippen molar-refractivity contribution in [3.05, 3.63) is 16.1 Å². The van der Waals surface area contributed by atoms with Gasteiger partial charge in [0.2, 0.25) is 0 Å². The van der Waals surface area contributed by atoms with Gasteiger partial charge in [-0.3, -0.25) is 9.79 Å². The number of rotatable bonds is 9. The zero-order valence-electron chi connectivity index (χ0n) is 16.4. The van der Waals surface area contributed by atoms with E-state index in [0.717, 1.165) is 42.4 Å². The first kappa shape index (κ1) is 25.9. The van der Waals surface area contributed by atoms with E-state index in [2.05, 4.69) is 20.6 Å². The van der Waals surface area contributed by atoms with Crippen LogP contribution in [0.15, 0.2) is 10.4 Å². The largest absolute Gasteiger partial charge is 0.462 e. The minimum Gasteiger partial charge on any atom is -0.462 e. The maximum atomic E-state index is 12.6. The number of thiazole rings is 1. The van der Waals surface area contributed by atoms with E-state index in [1.807, 2.05) is 6.92 Å². The number of carbonyl (C=O) groups excluding carboxylic acids is 1. The van der Waals surface area contributed by atoms with Crippen LogP contribution in [0.25, 0.3) is 0 Å². The van der Waals surface area contributed by atoms with Gasteiger partial charge in [0.25, 0.3) is 0 Å². The first-order chi connectivity index (χ1) is 13.4. The second-order valence-corrected chi connectivity index (χ2v) is 7.50. The second kappa shape index (κ2) is 13.2. The van der Waals surface area contributed by atoms with Gasteiger partial charge in [-0.2, -0.15) is 13.2 Å². The number of hydrogen-bond donors (Lipinski definition) is 2. The van der Waals surface area contributed by atoms with Crippen molar-refractivity contribution in [3.8, 4) is 0 Å². The molecule has 1 fully saturated rings. The molecule has 0 aliphatic heterocycles. The molecule has 1 aliphatic carbocycles. The summed E-state index contributed by atoms with van der Waals surface area (Å²) in [6.07, 6.45) is 1.14. The highest BCUT2D eigenvalue weighted by atomic mass is 127. The quantitative estimate of drug-likeness (QED) is 0.160. The van der Waals surface area contributed by atoms with Gasteiger partial charge >= 0.3 is 12.1 Å². The summed E-state index contributed by atoms with van der Waals surface area (Å²) in [5.41, 5.74) is -0.849. The number of alkyl halides is 3. The predicted molar refractivity (Wildman–Crippen MR) is 118 cm³/mol. The van der Waals surface area contributed by atoms with E-state index in [-0.39, 0.29) is 36.0 Å². The minimum atomic E-state index is -4.41. The zero-order chi connectivity index (χ0) is 20.4. The normalized spacial score (nSPS) is 15.1. The summed E-state index contributed by atoms with van der Waals surface area (Å²) in [6, 6.07) is 0. The molecule has 0 bridgehead atoms. The van der Waals surface area contributed by atoms with Crippen LogP contribution in [0.2, 0.25) is 0 Å². The third-order valence-electron chi connectivity index (χ3n) is 4.23. The Kier molecular flexibility index (Phi) is 11.8. The van der Waals surface area contributed by atoms with E-state index >= 15 is 0 Å². The third-order valence-corrected chi connectivity index (χ3v) is 5.14. The van der Waals surface area contributed by atoms with Crippen LogP contribution in [0.4, 0.5) is 13.2 Å². The standard InChI is InChI=1S/C18H27F3N4O2S.HI/c1-2-22-17(23-10-5-8-16(26)27-13-6-3-4-7-13)24-11-9-15-25-14(12-28-15)18(19,20)21;/h12-13H,2-11H2,1H3,(H2,22,23,24);1H. The Balaban J connectivity index is 0.00000420. The highest BCUT2D eigenvalue weighted by Gasteiger charge is 2.33. The fourth-order valence-electron chi connectivity index (χ4n) is 2.85. The summed E-state index contributed by atoms with van der Waals surface area (Å²) >= 11 is 0.996. The molecule has 0 saturated heterocycles. The van der Waals surface area contributed by atoms with E-state index in [4.69, 9.17) is 4.74 Å². The molecule has 6 nitrogen and oxygen atoms in total. The van der Waals surface area contributed by atoms with E-state index in [9.17, 15) is 18.0 Å². The molecule has 1 aliphatic rings. The number of carbonyl (C=O) groups is 1. The molecule has 0 aromatic carbocycles. The van der Waals surface area contributed by atoms with E-state index in [1.54, 1.807) is 0 Å². The lowest BCUT2D eigenvalue weighted by molar-refractivity contribution is -0.148. The molecule has 11 heteroatoms. The molecule has 0 spiro atoms. The number of halogens is 4. The molecular weight excluding hydrogens is 520 g/mol. The number of guanidine groups is 1. The highest BCUT2D eigenvalue weighted by Crippen LogP contribution is 2.30. The fraction of sp³-hybridized carbons (Fsp3) is 0.722. The average Bonchev–Trinajstić information content (AvgIpc) is 3.30. The van der Waals surface area contributed by atoms with Crippen LogP contribution in [0.3, 0.4) is 0 Å². The van der Waals surface area contributed by atoms with E-state index in [0.29, 0.717) is 49.9 Å². The number of ether oxygens (including phenoxy) is 1. The summed E-state index contributed by atoms with van der Waals surface area (Å²) in [6.45, 7) is 3.46. The zero-order valence-corrected chi connectivity index (χ0v) is 19.5. The van der Waals surface area contributed by atoms with E-state index in [1.165, 1.54) is 0 Å². The number of aromatic nitrogens is 1. The summed E-state index contributed by atoms with van der Waals surface area (Å²) in [5, 5.41) is 7.59. The monoisotopic (exact) mass is 548 g/mol. The van der Waals surface area contributed by atoms with Crippen molar-refractivity contribution in [1.82, 2.24) is 15.6 Å². The van der Waals surface area contributed by atoms with Crippen molar-refractivity contribution in [2.75, 3.05) is 19.6 Å². The summed E-state index contributed by atoms with van der Waals surface area (Å²) < 4.78 is 43.1. The Morgan fingerprint density at radius 3 is 2.69 bits per heavy atom. The lowest BCUT2D eigenvalue weighted by Crippen LogP contribution is -2.38. The van der Waals surface area contributed by atoms with Crippen molar-refractivity contribution >= 4 is 47.2 Å². The summed E-state index contributed by atoms with van der Waals surface area (Å²) in [7, 11) is 0. The average molecular weight is 548 g/mol. The van der Waals surface area contributed by atoms with E-state index < -0.39 is 11.9 Å². The molecule has 29 heavy (non-hydrogen) atoms. The van der Waals surface area contributed by atoms with Gasteiger partial charge in [0.05, 0.1) is 5.01 Å². The van der Waals surface area contributed by atoms with Crippen molar-refractivity contribution in [3.63, 3.8) is 0 Å². The Bertz CT molecular complexity index is 649. The first-order valence-electron chi connectivity index (χ1n) is 9.61. The number of hydrogen-bond acceptors (Lipinski definition) is 5. The topological polar surface area (TPSA) is 75.6 Å². The van der Waals surface area contributed by atoms with Crippen LogP contribution in [-0.2, 0) is 22.1 Å². The van der Waals surface area contributed by atoms with Gasteiger partial charge in [-0.15, -0.1) is 35.3 Å². The van der Waals surface area contributed by atoms with Crippen LogP contribution in [0, 0.1) is 0 Å². The third kappa shape index (κ3) is 9.96. The van der Waals surface area contributed by atoms with Crippen LogP contribution in [-0.4, -0.2) is 42.7 Å². The molecule has 2 N–H and O–H groups in total. The lowest BCUT2D eigenvalue weighted by Gasteiger charge is -2.12. The molecule has 0 atom stereocenters. The SMILES string of the molecule is CCNC(=NCCCC(=O)OC1CCCC1)NCCc1nc(C(F)(F)F)cs1.I. The Hall–Kier alpha value is -1.11. The Morgan fingerprint density at radius 2 is 2.07 bits per heavy atom. The number of esters is 1. The molecular formula is C18H28F3IN4O2S. The molecule has 166 valence electrons. The van der Waals surface area contributed by atoms with Crippen LogP contribution < -0.4 is 10.6 Å². The molecule has 1 saturated carbocycles. The number of nitrogens with zero attached hydrogens (tertiary/aromatic N) is 2. The van der Waals surface area contributed by atoms with Gasteiger partial charge in [-0.25, -0.2) is 4.98 Å². The smallest absolute Gasteiger partial charge is 0.434 e. The van der Waals surface area contributed by atoms with Crippen molar-refractivity contribution in [1.29, 1.82) is 0 Å². The van der Waals surface area contributed by atoms with Crippen molar-refractivity contribution < 1.29 is 22.7 Å². The maximum absolute atomic E-state index is 12.6. The highest BCUT2D eigenvalue weighted by molar-refractivity contribution is 14.0. The maximum Gasteiger partial charge on any atom is 0.434 e. The van der Waals surface area contributed by atoms with Gasteiger partial charge in [-0.1, -0.05) is 0 Å². The molecule has 1 aromatic heterocycles. The molecule has 0 amide bonds. The molecule has 2 rings (SSSR count). The lowest BCUT2D eigenvalue weighted by atomic mass is 10.3. The minimum absolute atomic E-state index is 0.